The van der Waals surface area contributed by atoms with Crippen LogP contribution in [0, 0.1) is 0 Å². The average Bonchev–Trinajstić information content (AvgIpc) is 2.34. The van der Waals surface area contributed by atoms with E-state index in [1.165, 1.54) is 0 Å². The molecule has 0 radical (unpaired) electrons. The van der Waals surface area contributed by atoms with Crippen LogP contribution in [0.2, 0.25) is 0 Å². The van der Waals surface area contributed by atoms with Gasteiger partial charge in [0, 0.05) is 24.1 Å². The summed E-state index contributed by atoms with van der Waals surface area (Å²) in [6, 6.07) is 6.88. The van der Waals surface area contributed by atoms with Crippen molar-refractivity contribution in [2.24, 2.45) is 0 Å². The van der Waals surface area contributed by atoms with Crippen molar-refractivity contribution in [2.75, 3.05) is 20.1 Å². The maximum absolute atomic E-state index is 11.7. The zero-order chi connectivity index (χ0) is 12.8. The minimum absolute atomic E-state index is 0.0139. The highest BCUT2D eigenvalue weighted by molar-refractivity contribution is 7.80. The number of benzene rings is 1. The molecule has 0 unspecified atom stereocenters. The first-order chi connectivity index (χ1) is 8.04. The molecule has 1 N–H and O–H groups in total. The van der Waals surface area contributed by atoms with Crippen LogP contribution >= 0.6 is 12.6 Å². The summed E-state index contributed by atoms with van der Waals surface area (Å²) < 4.78 is 0. The molecule has 1 aromatic carbocycles. The van der Waals surface area contributed by atoms with E-state index in [0.717, 1.165) is 4.90 Å². The van der Waals surface area contributed by atoms with Gasteiger partial charge in [-0.05, 0) is 25.1 Å². The van der Waals surface area contributed by atoms with Gasteiger partial charge in [0.05, 0.1) is 6.54 Å². The molecular weight excluding hydrogens is 236 g/mol. The van der Waals surface area contributed by atoms with Crippen molar-refractivity contribution >= 4 is 24.4 Å². The third-order valence-corrected chi connectivity index (χ3v) is 2.69. The Balaban J connectivity index is 2.53. The molecule has 0 saturated carbocycles. The minimum Gasteiger partial charge on any atom is -0.345 e. The third kappa shape index (κ3) is 4.11. The van der Waals surface area contributed by atoms with E-state index in [1.54, 1.807) is 36.2 Å². The summed E-state index contributed by atoms with van der Waals surface area (Å²) in [5, 5.41) is 2.58. The molecule has 0 heterocycles. The van der Waals surface area contributed by atoms with Crippen molar-refractivity contribution in [3.63, 3.8) is 0 Å². The van der Waals surface area contributed by atoms with Crippen molar-refractivity contribution in [1.82, 2.24) is 10.2 Å². The monoisotopic (exact) mass is 252 g/mol. The number of hydrogen-bond donors (Lipinski definition) is 2. The Labute approximate surface area is 106 Å². The topological polar surface area (TPSA) is 49.4 Å². The molecule has 0 bridgehead atoms. The van der Waals surface area contributed by atoms with Gasteiger partial charge in [-0.2, -0.15) is 0 Å². The first-order valence-corrected chi connectivity index (χ1v) is 5.80. The van der Waals surface area contributed by atoms with E-state index in [2.05, 4.69) is 17.9 Å². The number of rotatable bonds is 4. The van der Waals surface area contributed by atoms with Gasteiger partial charge < -0.3 is 10.2 Å². The Hall–Kier alpha value is -1.49. The molecule has 0 saturated heterocycles. The van der Waals surface area contributed by atoms with E-state index >= 15 is 0 Å². The standard InChI is InChI=1S/C12H16N2O2S/c1-3-14(2)11(15)8-13-12(16)9-5-4-6-10(17)7-9/h4-7,17H,3,8H2,1-2H3,(H,13,16). The molecule has 17 heavy (non-hydrogen) atoms. The van der Waals surface area contributed by atoms with Gasteiger partial charge in [-0.1, -0.05) is 6.07 Å². The molecule has 0 spiro atoms. The highest BCUT2D eigenvalue weighted by Gasteiger charge is 2.10. The van der Waals surface area contributed by atoms with Crippen molar-refractivity contribution < 1.29 is 9.59 Å². The molecule has 0 aliphatic carbocycles. The van der Waals surface area contributed by atoms with Gasteiger partial charge in [-0.15, -0.1) is 12.6 Å². The van der Waals surface area contributed by atoms with Crippen LogP contribution in [-0.4, -0.2) is 36.9 Å². The Morgan fingerprint density at radius 1 is 1.41 bits per heavy atom. The van der Waals surface area contributed by atoms with Crippen LogP contribution in [0.25, 0.3) is 0 Å². The predicted molar refractivity (Wildman–Crippen MR) is 69.3 cm³/mol. The molecular formula is C12H16N2O2S. The van der Waals surface area contributed by atoms with Crippen LogP contribution < -0.4 is 5.32 Å². The van der Waals surface area contributed by atoms with Crippen molar-refractivity contribution in [3.05, 3.63) is 29.8 Å². The zero-order valence-electron chi connectivity index (χ0n) is 9.93. The van der Waals surface area contributed by atoms with E-state index in [0.29, 0.717) is 12.1 Å². The molecule has 1 aromatic rings. The zero-order valence-corrected chi connectivity index (χ0v) is 10.8. The number of likely N-dealkylation sites (N-methyl/N-ethyl adjacent to an activating group) is 1. The summed E-state index contributed by atoms with van der Waals surface area (Å²) in [4.78, 5) is 25.4. The third-order valence-electron chi connectivity index (χ3n) is 2.41. The van der Waals surface area contributed by atoms with Crippen LogP contribution in [0.4, 0.5) is 0 Å². The fourth-order valence-electron chi connectivity index (χ4n) is 1.22. The Morgan fingerprint density at radius 3 is 2.71 bits per heavy atom. The second kappa shape index (κ2) is 6.30. The van der Waals surface area contributed by atoms with E-state index in [9.17, 15) is 9.59 Å². The van der Waals surface area contributed by atoms with Crippen molar-refractivity contribution in [2.45, 2.75) is 11.8 Å². The molecule has 0 aliphatic heterocycles. The lowest BCUT2D eigenvalue weighted by Gasteiger charge is -2.14. The Morgan fingerprint density at radius 2 is 2.12 bits per heavy atom. The highest BCUT2D eigenvalue weighted by atomic mass is 32.1. The summed E-state index contributed by atoms with van der Waals surface area (Å²) in [5.41, 5.74) is 0.504. The summed E-state index contributed by atoms with van der Waals surface area (Å²) >= 11 is 4.15. The molecule has 0 aromatic heterocycles. The van der Waals surface area contributed by atoms with Crippen molar-refractivity contribution in [1.29, 1.82) is 0 Å². The lowest BCUT2D eigenvalue weighted by molar-refractivity contribution is -0.128. The van der Waals surface area contributed by atoms with Crippen LogP contribution in [0.1, 0.15) is 17.3 Å². The maximum atomic E-state index is 11.7. The van der Waals surface area contributed by atoms with Gasteiger partial charge in [0.2, 0.25) is 5.91 Å². The molecule has 4 nitrogen and oxygen atoms in total. The summed E-state index contributed by atoms with van der Waals surface area (Å²) in [6.07, 6.45) is 0. The number of nitrogens with one attached hydrogen (secondary N) is 1. The Kier molecular flexibility index (Phi) is 5.03. The highest BCUT2D eigenvalue weighted by Crippen LogP contribution is 2.08. The second-order valence-corrected chi connectivity index (χ2v) is 4.16. The normalized spacial score (nSPS) is 9.82. The predicted octanol–water partition coefficient (Wildman–Crippen LogP) is 1.18. The van der Waals surface area contributed by atoms with E-state index in [-0.39, 0.29) is 18.4 Å². The van der Waals surface area contributed by atoms with Gasteiger partial charge in [0.15, 0.2) is 0 Å². The average molecular weight is 252 g/mol. The molecule has 1 rings (SSSR count). The number of amides is 2. The lowest BCUT2D eigenvalue weighted by atomic mass is 10.2. The molecule has 92 valence electrons. The van der Waals surface area contributed by atoms with Crippen molar-refractivity contribution in [3.8, 4) is 0 Å². The van der Waals surface area contributed by atoms with E-state index < -0.39 is 0 Å². The first-order valence-electron chi connectivity index (χ1n) is 5.35. The molecule has 0 atom stereocenters. The number of thiol groups is 1. The SMILES string of the molecule is CCN(C)C(=O)CNC(=O)c1cccc(S)c1. The first kappa shape index (κ1) is 13.6. The molecule has 5 heteroatoms. The lowest BCUT2D eigenvalue weighted by Crippen LogP contribution is -2.37. The summed E-state index contributed by atoms with van der Waals surface area (Å²) in [5.74, 6) is -0.373. The molecule has 2 amide bonds. The minimum atomic E-state index is -0.265. The number of carbonyl (C=O) groups is 2. The summed E-state index contributed by atoms with van der Waals surface area (Å²) in [6.45, 7) is 2.52. The van der Waals surface area contributed by atoms with Gasteiger partial charge in [0.1, 0.15) is 0 Å². The molecule has 0 fully saturated rings. The fraction of sp³-hybridized carbons (Fsp3) is 0.333. The fourth-order valence-corrected chi connectivity index (χ4v) is 1.44. The van der Waals surface area contributed by atoms with Gasteiger partial charge in [-0.3, -0.25) is 9.59 Å². The van der Waals surface area contributed by atoms with Gasteiger partial charge in [-0.25, -0.2) is 0 Å². The van der Waals surface area contributed by atoms with Crippen LogP contribution in [0.3, 0.4) is 0 Å². The number of carbonyl (C=O) groups excluding carboxylic acids is 2. The number of hydrogen-bond acceptors (Lipinski definition) is 3. The van der Waals surface area contributed by atoms with Crippen LogP contribution in [0.5, 0.6) is 0 Å². The maximum Gasteiger partial charge on any atom is 0.251 e. The Bertz CT molecular complexity index is 421. The van der Waals surface area contributed by atoms with Gasteiger partial charge >= 0.3 is 0 Å². The van der Waals surface area contributed by atoms with E-state index in [1.807, 2.05) is 6.92 Å². The van der Waals surface area contributed by atoms with Crippen LogP contribution in [0.15, 0.2) is 29.2 Å². The quantitative estimate of drug-likeness (QED) is 0.791. The number of nitrogens with zero attached hydrogens (tertiary/aromatic N) is 1. The smallest absolute Gasteiger partial charge is 0.251 e. The van der Waals surface area contributed by atoms with Gasteiger partial charge in [0.25, 0.3) is 5.91 Å². The van der Waals surface area contributed by atoms with Crippen LogP contribution in [-0.2, 0) is 4.79 Å². The second-order valence-electron chi connectivity index (χ2n) is 3.64. The summed E-state index contributed by atoms with van der Waals surface area (Å²) in [7, 11) is 1.70. The van der Waals surface area contributed by atoms with E-state index in [4.69, 9.17) is 0 Å². The largest absolute Gasteiger partial charge is 0.345 e. The molecule has 0 aliphatic rings.